The van der Waals surface area contributed by atoms with Gasteiger partial charge in [0.2, 0.25) is 0 Å². The van der Waals surface area contributed by atoms with Crippen LogP contribution in [0.4, 0.5) is 32.0 Å². The van der Waals surface area contributed by atoms with Gasteiger partial charge in [0, 0.05) is 41.0 Å². The van der Waals surface area contributed by atoms with E-state index in [0.717, 1.165) is 12.1 Å². The predicted octanol–water partition coefficient (Wildman–Crippen LogP) is 8.46. The van der Waals surface area contributed by atoms with E-state index < -0.39 is 51.7 Å². The van der Waals surface area contributed by atoms with E-state index in [1.165, 1.54) is 12.1 Å². The molecule has 0 radical (unpaired) electrons. The molecule has 0 bridgehead atoms. The molecule has 0 N–H and O–H groups in total. The number of halogens is 6. The summed E-state index contributed by atoms with van der Waals surface area (Å²) in [5.74, 6) is -7.59. The zero-order valence-electron chi connectivity index (χ0n) is 19.7. The van der Waals surface area contributed by atoms with E-state index in [2.05, 4.69) is 9.69 Å². The van der Waals surface area contributed by atoms with Crippen molar-refractivity contribution in [1.29, 1.82) is 10.5 Å². The third-order valence-electron chi connectivity index (χ3n) is 6.37. The van der Waals surface area contributed by atoms with Crippen molar-refractivity contribution in [2.45, 2.75) is 0 Å². The second kappa shape index (κ2) is 9.48. The lowest BCUT2D eigenvalue weighted by molar-refractivity contribution is 0.547. The first-order chi connectivity index (χ1) is 19.1. The third-order valence-corrected chi connectivity index (χ3v) is 6.37. The van der Waals surface area contributed by atoms with Gasteiger partial charge >= 0.3 is 0 Å². The smallest absolute Gasteiger partial charge is 0.237 e. The molecule has 1 aliphatic carbocycles. The molecule has 0 saturated heterocycles. The SMILES string of the molecule is [C-]#[N+]/C(C#N)=C1/c2cc(-c3c(F)cc(F)cc3F)c(C#N)cc2-c2cc([N+]#[C-])c(-c3c(F)cc(F)cc3F)cc21. The van der Waals surface area contributed by atoms with Crippen LogP contribution in [0.2, 0.25) is 0 Å². The van der Waals surface area contributed by atoms with E-state index in [0.29, 0.717) is 24.3 Å². The highest BCUT2D eigenvalue weighted by molar-refractivity contribution is 6.07. The summed E-state index contributed by atoms with van der Waals surface area (Å²) in [7, 11) is 0. The van der Waals surface area contributed by atoms with Crippen molar-refractivity contribution < 1.29 is 26.3 Å². The molecule has 0 amide bonds. The standard InChI is InChI=1S/C30H8F6N4/c1-39-26-10-18-17-3-13(11-37)16(29-22(33)4-14(31)5-23(29)34)8-19(17)28(27(12-38)40-2)20(18)9-21(26)30-24(35)6-15(32)7-25(30)36/h3-10H/b28-27-. The monoisotopic (exact) mass is 538 g/mol. The molecule has 5 rings (SSSR count). The molecule has 10 heteroatoms. The maximum absolute atomic E-state index is 14.7. The van der Waals surface area contributed by atoms with Gasteiger partial charge in [-0.05, 0) is 46.0 Å². The van der Waals surface area contributed by atoms with Gasteiger partial charge in [0.1, 0.15) is 34.9 Å². The fourth-order valence-electron chi connectivity index (χ4n) is 4.78. The Kier molecular flexibility index (Phi) is 6.11. The van der Waals surface area contributed by atoms with Crippen molar-refractivity contribution in [1.82, 2.24) is 0 Å². The van der Waals surface area contributed by atoms with Crippen LogP contribution in [0.25, 0.3) is 48.6 Å². The Hall–Kier alpha value is -5.84. The van der Waals surface area contributed by atoms with Crippen LogP contribution in [0, 0.1) is 70.7 Å². The second-order valence-corrected chi connectivity index (χ2v) is 8.52. The van der Waals surface area contributed by atoms with Crippen molar-refractivity contribution in [2.75, 3.05) is 0 Å². The Morgan fingerprint density at radius 3 is 1.52 bits per heavy atom. The molecule has 0 heterocycles. The molecule has 4 nitrogen and oxygen atoms in total. The molecule has 0 saturated carbocycles. The molecule has 0 fully saturated rings. The largest absolute Gasteiger partial charge is 0.270 e. The van der Waals surface area contributed by atoms with E-state index in [1.54, 1.807) is 6.07 Å². The Balaban J connectivity index is 1.90. The maximum Gasteiger partial charge on any atom is 0.270 e. The highest BCUT2D eigenvalue weighted by Crippen LogP contribution is 2.52. The molecule has 40 heavy (non-hydrogen) atoms. The van der Waals surface area contributed by atoms with Gasteiger partial charge in [-0.1, -0.05) is 6.07 Å². The number of rotatable bonds is 2. The molecule has 0 spiro atoms. The quantitative estimate of drug-likeness (QED) is 0.129. The van der Waals surface area contributed by atoms with E-state index in [9.17, 15) is 36.9 Å². The lowest BCUT2D eigenvalue weighted by Crippen LogP contribution is -1.97. The topological polar surface area (TPSA) is 56.3 Å². The molecule has 0 aromatic heterocycles. The number of hydrogen-bond donors (Lipinski definition) is 0. The highest BCUT2D eigenvalue weighted by atomic mass is 19.2. The number of benzene rings is 4. The Morgan fingerprint density at radius 2 is 1.07 bits per heavy atom. The number of nitrogens with zero attached hydrogens (tertiary/aromatic N) is 4. The lowest BCUT2D eigenvalue weighted by Gasteiger charge is -2.12. The van der Waals surface area contributed by atoms with Crippen LogP contribution in [0.1, 0.15) is 16.7 Å². The summed E-state index contributed by atoms with van der Waals surface area (Å²) in [5.41, 5.74) is -2.64. The van der Waals surface area contributed by atoms with Gasteiger partial charge in [-0.25, -0.2) is 41.3 Å². The van der Waals surface area contributed by atoms with Crippen LogP contribution in [-0.4, -0.2) is 0 Å². The van der Waals surface area contributed by atoms with Gasteiger partial charge in [-0.3, -0.25) is 0 Å². The number of fused-ring (bicyclic) bond motifs is 3. The molecular weight excluding hydrogens is 530 g/mol. The summed E-state index contributed by atoms with van der Waals surface area (Å²) in [6, 6.07) is 10.0. The van der Waals surface area contributed by atoms with Gasteiger partial charge in [-0.2, -0.15) is 5.26 Å². The summed E-state index contributed by atoms with van der Waals surface area (Å²) in [4.78, 5) is 6.55. The first kappa shape index (κ1) is 25.8. The molecular formula is C30H8F6N4. The average molecular weight is 538 g/mol. The van der Waals surface area contributed by atoms with Gasteiger partial charge in [0.25, 0.3) is 5.70 Å². The van der Waals surface area contributed by atoms with Crippen LogP contribution >= 0.6 is 0 Å². The first-order valence-corrected chi connectivity index (χ1v) is 11.1. The second-order valence-electron chi connectivity index (χ2n) is 8.52. The Labute approximate surface area is 222 Å². The van der Waals surface area contributed by atoms with Gasteiger partial charge in [0.15, 0.2) is 5.69 Å². The van der Waals surface area contributed by atoms with Crippen LogP contribution in [0.15, 0.2) is 54.2 Å². The van der Waals surface area contributed by atoms with Crippen LogP contribution < -0.4 is 0 Å². The van der Waals surface area contributed by atoms with Gasteiger partial charge in [0.05, 0.1) is 36.4 Å². The summed E-state index contributed by atoms with van der Waals surface area (Å²) in [5, 5.41) is 19.5. The molecule has 4 aromatic carbocycles. The van der Waals surface area contributed by atoms with Crippen molar-refractivity contribution in [3.63, 3.8) is 0 Å². The van der Waals surface area contributed by atoms with Crippen LogP contribution in [0.3, 0.4) is 0 Å². The molecule has 0 unspecified atom stereocenters. The minimum absolute atomic E-state index is 0.0628. The first-order valence-electron chi connectivity index (χ1n) is 11.1. The van der Waals surface area contributed by atoms with E-state index in [4.69, 9.17) is 13.1 Å². The summed E-state index contributed by atoms with van der Waals surface area (Å²) < 4.78 is 86.1. The highest BCUT2D eigenvalue weighted by Gasteiger charge is 2.32. The Morgan fingerprint density at radius 1 is 0.600 bits per heavy atom. The fourth-order valence-corrected chi connectivity index (χ4v) is 4.78. The molecule has 0 aliphatic heterocycles. The van der Waals surface area contributed by atoms with E-state index >= 15 is 0 Å². The van der Waals surface area contributed by atoms with Crippen LogP contribution in [0.5, 0.6) is 0 Å². The minimum Gasteiger partial charge on any atom is -0.237 e. The Bertz CT molecular complexity index is 1830. The van der Waals surface area contributed by atoms with E-state index in [-0.39, 0.29) is 50.2 Å². The minimum atomic E-state index is -1.31. The third kappa shape index (κ3) is 3.84. The summed E-state index contributed by atoms with van der Waals surface area (Å²) >= 11 is 0. The van der Waals surface area contributed by atoms with Crippen molar-refractivity contribution in [2.24, 2.45) is 0 Å². The molecule has 190 valence electrons. The number of nitriles is 2. The summed E-state index contributed by atoms with van der Waals surface area (Å²) in [6.45, 7) is 15.1. The molecule has 1 aliphatic rings. The lowest BCUT2D eigenvalue weighted by atomic mass is 9.92. The van der Waals surface area contributed by atoms with Gasteiger partial charge in [-0.15, -0.1) is 0 Å². The molecule has 4 aromatic rings. The fraction of sp³-hybridized carbons (Fsp3) is 0. The summed E-state index contributed by atoms with van der Waals surface area (Å²) in [6.07, 6.45) is 0. The zero-order chi connectivity index (χ0) is 28.9. The molecule has 0 atom stereocenters. The average Bonchev–Trinajstić information content (AvgIpc) is 3.19. The normalized spacial score (nSPS) is 12.4. The van der Waals surface area contributed by atoms with Crippen molar-refractivity contribution in [3.8, 4) is 45.5 Å². The number of allylic oxidation sites excluding steroid dienone is 1. The van der Waals surface area contributed by atoms with Crippen molar-refractivity contribution >= 4 is 11.3 Å². The van der Waals surface area contributed by atoms with Crippen LogP contribution in [-0.2, 0) is 0 Å². The van der Waals surface area contributed by atoms with Gasteiger partial charge < -0.3 is 0 Å². The maximum atomic E-state index is 14.7. The number of hydrogen-bond acceptors (Lipinski definition) is 2. The predicted molar refractivity (Wildman–Crippen MR) is 132 cm³/mol. The zero-order valence-corrected chi connectivity index (χ0v) is 19.7. The van der Waals surface area contributed by atoms with Crippen molar-refractivity contribution in [3.05, 3.63) is 129 Å². The van der Waals surface area contributed by atoms with E-state index in [1.807, 2.05) is 6.07 Å².